The second-order valence-corrected chi connectivity index (χ2v) is 5.45. The summed E-state index contributed by atoms with van der Waals surface area (Å²) in [6.45, 7) is 2.99. The van der Waals surface area contributed by atoms with E-state index in [0.717, 1.165) is 15.9 Å². The molecular weight excluding hydrogens is 322 g/mol. The summed E-state index contributed by atoms with van der Waals surface area (Å²) in [4.78, 5) is 12.8. The third kappa shape index (κ3) is 3.87. The minimum absolute atomic E-state index is 0.0895. The molecule has 0 aliphatic rings. The van der Waals surface area contributed by atoms with E-state index >= 15 is 0 Å². The minimum Gasteiger partial charge on any atom is -0.481 e. The predicted molar refractivity (Wildman–Crippen MR) is 80.9 cm³/mol. The second-order valence-electron chi connectivity index (χ2n) is 4.59. The molecule has 1 aromatic carbocycles. The number of carboxylic acid groups (broad SMARTS) is 1. The van der Waals surface area contributed by atoms with Crippen molar-refractivity contribution in [1.82, 2.24) is 0 Å². The maximum absolute atomic E-state index is 10.8. The summed E-state index contributed by atoms with van der Waals surface area (Å²) in [5.74, 6) is -0.0170. The highest BCUT2D eigenvalue weighted by Crippen LogP contribution is 2.23. The van der Waals surface area contributed by atoms with E-state index in [9.17, 15) is 4.79 Å². The number of benzene rings is 1. The van der Waals surface area contributed by atoms with Crippen molar-refractivity contribution in [3.8, 4) is 0 Å². The van der Waals surface area contributed by atoms with Crippen molar-refractivity contribution in [2.45, 2.75) is 19.9 Å². The Morgan fingerprint density at radius 3 is 2.55 bits per heavy atom. The van der Waals surface area contributed by atoms with Gasteiger partial charge in [0.1, 0.15) is 5.76 Å². The number of anilines is 1. The van der Waals surface area contributed by atoms with Crippen LogP contribution in [0, 0.1) is 6.92 Å². The SMILES string of the molecule is Cc1ccc(N(CCC(=O)O)Cc2occc2Br)cc1. The van der Waals surface area contributed by atoms with Crippen molar-refractivity contribution in [2.75, 3.05) is 11.4 Å². The van der Waals surface area contributed by atoms with E-state index in [2.05, 4.69) is 15.9 Å². The third-order valence-electron chi connectivity index (χ3n) is 3.02. The predicted octanol–water partition coefficient (Wildman–Crippen LogP) is 3.83. The molecular formula is C15H16BrNO3. The highest BCUT2D eigenvalue weighted by atomic mass is 79.9. The molecule has 0 spiro atoms. The highest BCUT2D eigenvalue weighted by molar-refractivity contribution is 9.10. The average molecular weight is 338 g/mol. The molecule has 0 aliphatic heterocycles. The zero-order chi connectivity index (χ0) is 14.5. The Hall–Kier alpha value is -1.75. The van der Waals surface area contributed by atoms with E-state index in [1.54, 1.807) is 6.26 Å². The van der Waals surface area contributed by atoms with Gasteiger partial charge in [-0.15, -0.1) is 0 Å². The van der Waals surface area contributed by atoms with Crippen LogP contribution in [0.25, 0.3) is 0 Å². The molecule has 4 nitrogen and oxygen atoms in total. The third-order valence-corrected chi connectivity index (χ3v) is 3.73. The Morgan fingerprint density at radius 2 is 2.00 bits per heavy atom. The van der Waals surface area contributed by atoms with Crippen LogP contribution in [0.2, 0.25) is 0 Å². The lowest BCUT2D eigenvalue weighted by atomic mass is 10.2. The number of rotatable bonds is 6. The molecule has 0 fully saturated rings. The van der Waals surface area contributed by atoms with Gasteiger partial charge in [-0.1, -0.05) is 17.7 Å². The van der Waals surface area contributed by atoms with Crippen molar-refractivity contribution in [2.24, 2.45) is 0 Å². The van der Waals surface area contributed by atoms with Crippen LogP contribution in [0.3, 0.4) is 0 Å². The molecule has 0 radical (unpaired) electrons. The van der Waals surface area contributed by atoms with Crippen molar-refractivity contribution >= 4 is 27.6 Å². The standard InChI is InChI=1S/C15H16BrNO3/c1-11-2-4-12(5-3-11)17(8-6-15(18)19)10-14-13(16)7-9-20-14/h2-5,7,9H,6,8,10H2,1H3,(H,18,19). The zero-order valence-electron chi connectivity index (χ0n) is 11.2. The maximum atomic E-state index is 10.8. The molecule has 5 heteroatoms. The van der Waals surface area contributed by atoms with Crippen LogP contribution < -0.4 is 4.90 Å². The summed E-state index contributed by atoms with van der Waals surface area (Å²) in [5, 5.41) is 8.87. The lowest BCUT2D eigenvalue weighted by Gasteiger charge is -2.23. The Balaban J connectivity index is 2.17. The molecule has 0 aliphatic carbocycles. The van der Waals surface area contributed by atoms with Crippen LogP contribution in [0.15, 0.2) is 45.5 Å². The fraction of sp³-hybridized carbons (Fsp3) is 0.267. The Kier molecular flexibility index (Phi) is 4.84. The first-order chi connectivity index (χ1) is 9.56. The average Bonchev–Trinajstić information content (AvgIpc) is 2.81. The lowest BCUT2D eigenvalue weighted by Crippen LogP contribution is -2.25. The molecule has 0 saturated heterocycles. The van der Waals surface area contributed by atoms with Crippen molar-refractivity contribution < 1.29 is 14.3 Å². The molecule has 0 bridgehead atoms. The molecule has 1 N–H and O–H groups in total. The van der Waals surface area contributed by atoms with E-state index in [0.29, 0.717) is 13.1 Å². The molecule has 106 valence electrons. The summed E-state index contributed by atoms with van der Waals surface area (Å²) >= 11 is 3.42. The number of carbonyl (C=O) groups is 1. The normalized spacial score (nSPS) is 10.5. The molecule has 2 aromatic rings. The Morgan fingerprint density at radius 1 is 1.30 bits per heavy atom. The smallest absolute Gasteiger partial charge is 0.305 e. The van der Waals surface area contributed by atoms with Gasteiger partial charge < -0.3 is 14.4 Å². The van der Waals surface area contributed by atoms with Gasteiger partial charge in [-0.2, -0.15) is 0 Å². The molecule has 0 amide bonds. The topological polar surface area (TPSA) is 53.7 Å². The fourth-order valence-corrected chi connectivity index (χ4v) is 2.22. The quantitative estimate of drug-likeness (QED) is 0.870. The summed E-state index contributed by atoms with van der Waals surface area (Å²) in [5.41, 5.74) is 2.16. The minimum atomic E-state index is -0.805. The number of aryl methyl sites for hydroxylation is 1. The van der Waals surface area contributed by atoms with Gasteiger partial charge in [0.25, 0.3) is 0 Å². The molecule has 2 rings (SSSR count). The first-order valence-corrected chi connectivity index (χ1v) is 7.11. The van der Waals surface area contributed by atoms with E-state index in [4.69, 9.17) is 9.52 Å². The van der Waals surface area contributed by atoms with E-state index < -0.39 is 5.97 Å². The van der Waals surface area contributed by atoms with Gasteiger partial charge in [0.2, 0.25) is 0 Å². The van der Waals surface area contributed by atoms with Crippen LogP contribution in [0.4, 0.5) is 5.69 Å². The van der Waals surface area contributed by atoms with Crippen LogP contribution in [0.1, 0.15) is 17.7 Å². The number of furan rings is 1. The highest BCUT2D eigenvalue weighted by Gasteiger charge is 2.13. The molecule has 0 unspecified atom stereocenters. The number of nitrogens with zero attached hydrogens (tertiary/aromatic N) is 1. The largest absolute Gasteiger partial charge is 0.481 e. The molecule has 1 aromatic heterocycles. The van der Waals surface area contributed by atoms with Crippen LogP contribution in [0.5, 0.6) is 0 Å². The van der Waals surface area contributed by atoms with Gasteiger partial charge in [-0.05, 0) is 41.1 Å². The number of hydrogen-bond acceptors (Lipinski definition) is 3. The van der Waals surface area contributed by atoms with Crippen LogP contribution >= 0.6 is 15.9 Å². The number of carboxylic acids is 1. The molecule has 0 atom stereocenters. The molecule has 1 heterocycles. The summed E-state index contributed by atoms with van der Waals surface area (Å²) in [6.07, 6.45) is 1.70. The second kappa shape index (κ2) is 6.61. The number of hydrogen-bond donors (Lipinski definition) is 1. The van der Waals surface area contributed by atoms with Gasteiger partial charge >= 0.3 is 5.97 Å². The maximum Gasteiger partial charge on any atom is 0.305 e. The van der Waals surface area contributed by atoms with Gasteiger partial charge in [0, 0.05) is 12.2 Å². The Bertz CT molecular complexity index is 577. The number of aliphatic carboxylic acids is 1. The molecule has 20 heavy (non-hydrogen) atoms. The van der Waals surface area contributed by atoms with Crippen LogP contribution in [-0.2, 0) is 11.3 Å². The molecule has 0 saturated carbocycles. The van der Waals surface area contributed by atoms with E-state index in [-0.39, 0.29) is 6.42 Å². The summed E-state index contributed by atoms with van der Waals surface area (Å²) in [7, 11) is 0. The summed E-state index contributed by atoms with van der Waals surface area (Å²) < 4.78 is 6.30. The first-order valence-electron chi connectivity index (χ1n) is 6.31. The fourth-order valence-electron chi connectivity index (χ4n) is 1.90. The number of halogens is 1. The lowest BCUT2D eigenvalue weighted by molar-refractivity contribution is -0.136. The van der Waals surface area contributed by atoms with Crippen molar-refractivity contribution in [1.29, 1.82) is 0 Å². The van der Waals surface area contributed by atoms with Crippen molar-refractivity contribution in [3.63, 3.8) is 0 Å². The Labute approximate surface area is 126 Å². The van der Waals surface area contributed by atoms with Crippen molar-refractivity contribution in [3.05, 3.63) is 52.4 Å². The summed E-state index contributed by atoms with van der Waals surface area (Å²) in [6, 6.07) is 9.85. The van der Waals surface area contributed by atoms with E-state index in [1.807, 2.05) is 42.2 Å². The van der Waals surface area contributed by atoms with Gasteiger partial charge in [0.15, 0.2) is 0 Å². The monoisotopic (exact) mass is 337 g/mol. The van der Waals surface area contributed by atoms with E-state index in [1.165, 1.54) is 5.56 Å². The first kappa shape index (κ1) is 14.7. The van der Waals surface area contributed by atoms with Gasteiger partial charge in [-0.3, -0.25) is 4.79 Å². The van der Waals surface area contributed by atoms with Crippen LogP contribution in [-0.4, -0.2) is 17.6 Å². The van der Waals surface area contributed by atoms with Gasteiger partial charge in [-0.25, -0.2) is 0 Å². The van der Waals surface area contributed by atoms with Gasteiger partial charge in [0.05, 0.1) is 23.7 Å². The zero-order valence-corrected chi connectivity index (χ0v) is 12.8.